The van der Waals surface area contributed by atoms with Crippen LogP contribution in [0.4, 0.5) is 11.8 Å². The summed E-state index contributed by atoms with van der Waals surface area (Å²) in [5.74, 6) is 0.729. The summed E-state index contributed by atoms with van der Waals surface area (Å²) in [5.41, 5.74) is 7.39. The van der Waals surface area contributed by atoms with Crippen LogP contribution in [-0.2, 0) is 6.42 Å². The molecule has 0 bridgehead atoms. The average Bonchev–Trinajstić information content (AvgIpc) is 2.96. The Morgan fingerprint density at radius 1 is 1.24 bits per heavy atom. The first-order chi connectivity index (χ1) is 10.3. The maximum atomic E-state index is 9.58. The minimum atomic E-state index is -0.167. The Morgan fingerprint density at radius 2 is 2.05 bits per heavy atom. The highest BCUT2D eigenvalue weighted by atomic mass is 16.3. The number of nitrogens with one attached hydrogen (secondary N) is 2. The summed E-state index contributed by atoms with van der Waals surface area (Å²) < 4.78 is 0. The highest BCUT2D eigenvalue weighted by Gasteiger charge is 2.13. The van der Waals surface area contributed by atoms with Gasteiger partial charge in [0.2, 0.25) is 5.95 Å². The van der Waals surface area contributed by atoms with Gasteiger partial charge in [0, 0.05) is 0 Å². The van der Waals surface area contributed by atoms with Crippen molar-refractivity contribution < 1.29 is 5.11 Å². The van der Waals surface area contributed by atoms with E-state index in [2.05, 4.69) is 25.5 Å². The lowest BCUT2D eigenvalue weighted by Crippen LogP contribution is -2.27. The van der Waals surface area contributed by atoms with Crippen molar-refractivity contribution in [2.24, 2.45) is 0 Å². The second-order valence-corrected chi connectivity index (χ2v) is 4.78. The number of aromatic nitrogens is 4. The van der Waals surface area contributed by atoms with Crippen molar-refractivity contribution in [1.29, 1.82) is 0 Å². The SMILES string of the molecule is Nc1nc(NC(CO)Cc2ccccc2)c2cn[nH]c2n1. The molecule has 0 radical (unpaired) electrons. The Bertz CT molecular complexity index is 727. The molecule has 1 atom stereocenters. The molecular weight excluding hydrogens is 268 g/mol. The summed E-state index contributed by atoms with van der Waals surface area (Å²) in [5, 5.41) is 20.2. The fourth-order valence-electron chi connectivity index (χ4n) is 2.22. The Labute approximate surface area is 121 Å². The molecule has 7 heteroatoms. The summed E-state index contributed by atoms with van der Waals surface area (Å²) >= 11 is 0. The number of rotatable bonds is 5. The van der Waals surface area contributed by atoms with E-state index >= 15 is 0 Å². The van der Waals surface area contributed by atoms with E-state index in [-0.39, 0.29) is 18.6 Å². The molecule has 1 aromatic carbocycles. The monoisotopic (exact) mass is 284 g/mol. The molecule has 0 saturated heterocycles. The number of aromatic amines is 1. The van der Waals surface area contributed by atoms with Crippen LogP contribution in [0.15, 0.2) is 36.5 Å². The molecule has 0 aliphatic carbocycles. The van der Waals surface area contributed by atoms with Gasteiger partial charge in [-0.2, -0.15) is 15.1 Å². The molecule has 0 spiro atoms. The van der Waals surface area contributed by atoms with E-state index < -0.39 is 0 Å². The van der Waals surface area contributed by atoms with Crippen LogP contribution >= 0.6 is 0 Å². The maximum Gasteiger partial charge on any atom is 0.224 e. The van der Waals surface area contributed by atoms with E-state index in [9.17, 15) is 5.11 Å². The van der Waals surface area contributed by atoms with Crippen LogP contribution in [0.3, 0.4) is 0 Å². The number of H-pyrrole nitrogens is 1. The number of anilines is 2. The van der Waals surface area contributed by atoms with Gasteiger partial charge in [-0.05, 0) is 12.0 Å². The zero-order chi connectivity index (χ0) is 14.7. The van der Waals surface area contributed by atoms with Crippen molar-refractivity contribution >= 4 is 22.8 Å². The molecule has 0 aliphatic heterocycles. The van der Waals surface area contributed by atoms with Gasteiger partial charge >= 0.3 is 0 Å². The summed E-state index contributed by atoms with van der Waals surface area (Å²) in [6.07, 6.45) is 2.31. The third-order valence-corrected chi connectivity index (χ3v) is 3.21. The number of nitrogen functional groups attached to an aromatic ring is 1. The molecule has 3 aromatic rings. The predicted octanol–water partition coefficient (Wildman–Crippen LogP) is 0.951. The fourth-order valence-corrected chi connectivity index (χ4v) is 2.22. The van der Waals surface area contributed by atoms with E-state index in [4.69, 9.17) is 5.73 Å². The Morgan fingerprint density at radius 3 is 2.81 bits per heavy atom. The van der Waals surface area contributed by atoms with Gasteiger partial charge in [-0.25, -0.2) is 0 Å². The number of hydrogen-bond donors (Lipinski definition) is 4. The van der Waals surface area contributed by atoms with Gasteiger partial charge in [0.15, 0.2) is 5.65 Å². The van der Waals surface area contributed by atoms with Crippen LogP contribution in [0.5, 0.6) is 0 Å². The van der Waals surface area contributed by atoms with Crippen LogP contribution < -0.4 is 11.1 Å². The quantitative estimate of drug-likeness (QED) is 0.555. The molecule has 21 heavy (non-hydrogen) atoms. The topological polar surface area (TPSA) is 113 Å². The van der Waals surface area contributed by atoms with Crippen LogP contribution in [0.1, 0.15) is 5.56 Å². The molecule has 7 nitrogen and oxygen atoms in total. The highest BCUT2D eigenvalue weighted by molar-refractivity contribution is 5.86. The number of fused-ring (bicyclic) bond motifs is 1. The summed E-state index contributed by atoms with van der Waals surface area (Å²) in [6.45, 7) is -0.0157. The highest BCUT2D eigenvalue weighted by Crippen LogP contribution is 2.20. The van der Waals surface area contributed by atoms with E-state index in [1.165, 1.54) is 0 Å². The van der Waals surface area contributed by atoms with Crippen molar-refractivity contribution in [3.63, 3.8) is 0 Å². The predicted molar refractivity (Wildman–Crippen MR) is 80.7 cm³/mol. The Hall–Kier alpha value is -2.67. The fraction of sp³-hybridized carbons (Fsp3) is 0.214. The third-order valence-electron chi connectivity index (χ3n) is 3.21. The second kappa shape index (κ2) is 5.76. The van der Waals surface area contributed by atoms with Gasteiger partial charge in [-0.15, -0.1) is 0 Å². The van der Waals surface area contributed by atoms with Crippen LogP contribution in [0.2, 0.25) is 0 Å². The number of nitrogens with two attached hydrogens (primary N) is 1. The van der Waals surface area contributed by atoms with E-state index in [0.717, 1.165) is 10.9 Å². The van der Waals surface area contributed by atoms with Gasteiger partial charge in [-0.3, -0.25) is 5.10 Å². The van der Waals surface area contributed by atoms with Gasteiger partial charge in [0.05, 0.1) is 24.2 Å². The molecule has 0 aliphatic rings. The van der Waals surface area contributed by atoms with Crippen molar-refractivity contribution in [2.75, 3.05) is 17.7 Å². The lowest BCUT2D eigenvalue weighted by atomic mass is 10.1. The normalized spacial score (nSPS) is 12.4. The minimum Gasteiger partial charge on any atom is -0.394 e. The van der Waals surface area contributed by atoms with E-state index in [1.54, 1.807) is 6.20 Å². The second-order valence-electron chi connectivity index (χ2n) is 4.78. The van der Waals surface area contributed by atoms with Crippen LogP contribution in [0.25, 0.3) is 11.0 Å². The molecule has 0 amide bonds. The van der Waals surface area contributed by atoms with E-state index in [1.807, 2.05) is 30.3 Å². The number of aliphatic hydroxyl groups excluding tert-OH is 1. The van der Waals surface area contributed by atoms with Gasteiger partial charge in [-0.1, -0.05) is 30.3 Å². The number of hydrogen-bond acceptors (Lipinski definition) is 6. The molecule has 2 aromatic heterocycles. The molecular formula is C14H16N6O. The van der Waals surface area contributed by atoms with Crippen LogP contribution in [0, 0.1) is 0 Å². The molecule has 108 valence electrons. The lowest BCUT2D eigenvalue weighted by Gasteiger charge is -2.17. The first kappa shape index (κ1) is 13.3. The first-order valence-corrected chi connectivity index (χ1v) is 6.64. The van der Waals surface area contributed by atoms with Crippen molar-refractivity contribution in [2.45, 2.75) is 12.5 Å². The zero-order valence-corrected chi connectivity index (χ0v) is 11.3. The Kier molecular flexibility index (Phi) is 3.65. The number of aliphatic hydroxyl groups is 1. The van der Waals surface area contributed by atoms with Gasteiger partial charge in [0.1, 0.15) is 5.82 Å². The first-order valence-electron chi connectivity index (χ1n) is 6.64. The molecule has 3 rings (SSSR count). The third kappa shape index (κ3) is 2.92. The van der Waals surface area contributed by atoms with E-state index in [0.29, 0.717) is 17.9 Å². The summed E-state index contributed by atoms with van der Waals surface area (Å²) in [6, 6.07) is 9.78. The molecule has 0 fully saturated rings. The molecule has 1 unspecified atom stereocenters. The average molecular weight is 284 g/mol. The van der Waals surface area contributed by atoms with Crippen molar-refractivity contribution in [1.82, 2.24) is 20.2 Å². The molecule has 0 saturated carbocycles. The standard InChI is InChI=1S/C14H16N6O/c15-14-18-12(11-7-16-20-13(11)19-14)17-10(8-21)6-9-4-2-1-3-5-9/h1-5,7,10,21H,6,8H2,(H4,15,16,17,18,19,20). The van der Waals surface area contributed by atoms with Gasteiger partial charge < -0.3 is 16.2 Å². The summed E-state index contributed by atoms with van der Waals surface area (Å²) in [4.78, 5) is 8.25. The largest absolute Gasteiger partial charge is 0.394 e. The summed E-state index contributed by atoms with van der Waals surface area (Å²) in [7, 11) is 0. The smallest absolute Gasteiger partial charge is 0.224 e. The minimum absolute atomic E-state index is 0.0157. The van der Waals surface area contributed by atoms with Crippen molar-refractivity contribution in [3.05, 3.63) is 42.1 Å². The number of benzene rings is 1. The Balaban J connectivity index is 1.84. The maximum absolute atomic E-state index is 9.58. The van der Waals surface area contributed by atoms with Gasteiger partial charge in [0.25, 0.3) is 0 Å². The zero-order valence-electron chi connectivity index (χ0n) is 11.3. The molecule has 5 N–H and O–H groups in total. The number of nitrogens with zero attached hydrogens (tertiary/aromatic N) is 3. The van der Waals surface area contributed by atoms with Crippen LogP contribution in [-0.4, -0.2) is 37.9 Å². The molecule has 2 heterocycles. The lowest BCUT2D eigenvalue weighted by molar-refractivity contribution is 0.273. The van der Waals surface area contributed by atoms with Crippen molar-refractivity contribution in [3.8, 4) is 0 Å².